The van der Waals surface area contributed by atoms with Crippen molar-refractivity contribution in [1.29, 1.82) is 0 Å². The van der Waals surface area contributed by atoms with Crippen LogP contribution in [-0.2, 0) is 9.59 Å². The number of hydrogen-bond donors (Lipinski definition) is 2. The zero-order chi connectivity index (χ0) is 20.9. The minimum absolute atomic E-state index is 0.0155. The van der Waals surface area contributed by atoms with Crippen LogP contribution in [0.1, 0.15) is 36.0 Å². The van der Waals surface area contributed by atoms with Crippen LogP contribution in [0.2, 0.25) is 0 Å². The molecule has 2 N–H and O–H groups in total. The van der Waals surface area contributed by atoms with Crippen molar-refractivity contribution in [2.24, 2.45) is 5.92 Å². The van der Waals surface area contributed by atoms with Gasteiger partial charge in [0.2, 0.25) is 11.8 Å². The zero-order valence-corrected chi connectivity index (χ0v) is 17.0. The number of likely N-dealkylation sites (tertiary alicyclic amines) is 1. The molecule has 1 saturated carbocycles. The average Bonchev–Trinajstić information content (AvgIpc) is 3.64. The Morgan fingerprint density at radius 3 is 2.10 bits per heavy atom. The number of amides is 3. The monoisotopic (exact) mass is 405 g/mol. The minimum Gasteiger partial charge on any atom is -0.353 e. The molecule has 0 unspecified atom stereocenters. The van der Waals surface area contributed by atoms with E-state index in [2.05, 4.69) is 10.6 Å². The Balaban J connectivity index is 1.22. The summed E-state index contributed by atoms with van der Waals surface area (Å²) in [5, 5.41) is 5.80. The van der Waals surface area contributed by atoms with Gasteiger partial charge in [-0.1, -0.05) is 42.5 Å². The molecule has 1 heterocycles. The molecule has 30 heavy (non-hydrogen) atoms. The van der Waals surface area contributed by atoms with Crippen LogP contribution in [0.25, 0.3) is 11.1 Å². The molecular weight excluding hydrogens is 378 g/mol. The summed E-state index contributed by atoms with van der Waals surface area (Å²) in [7, 11) is 0. The number of hydrogen-bond acceptors (Lipinski definition) is 3. The molecule has 2 aromatic carbocycles. The summed E-state index contributed by atoms with van der Waals surface area (Å²) in [4.78, 5) is 38.5. The van der Waals surface area contributed by atoms with E-state index in [0.717, 1.165) is 36.8 Å². The fraction of sp³-hybridized carbons (Fsp3) is 0.375. The highest BCUT2D eigenvalue weighted by Crippen LogP contribution is 2.29. The van der Waals surface area contributed by atoms with Gasteiger partial charge in [-0.25, -0.2) is 0 Å². The van der Waals surface area contributed by atoms with Gasteiger partial charge < -0.3 is 15.5 Å². The van der Waals surface area contributed by atoms with Crippen molar-refractivity contribution in [3.8, 4) is 11.1 Å². The number of benzene rings is 2. The van der Waals surface area contributed by atoms with Crippen LogP contribution in [0.5, 0.6) is 0 Å². The first-order valence-electron chi connectivity index (χ1n) is 10.6. The SMILES string of the molecule is O=C(NCC(=O)N1CCC(NC(=O)C2CC2)CC1)c1ccc(-c2ccccc2)cc1. The van der Waals surface area contributed by atoms with E-state index in [-0.39, 0.29) is 36.2 Å². The van der Waals surface area contributed by atoms with Gasteiger partial charge in [-0.05, 0) is 48.9 Å². The lowest BCUT2D eigenvalue weighted by atomic mass is 10.0. The molecule has 1 aliphatic heterocycles. The Labute approximate surface area is 176 Å². The van der Waals surface area contributed by atoms with Crippen LogP contribution in [0.4, 0.5) is 0 Å². The van der Waals surface area contributed by atoms with Crippen LogP contribution >= 0.6 is 0 Å². The molecule has 2 fully saturated rings. The Morgan fingerprint density at radius 1 is 0.833 bits per heavy atom. The molecule has 0 spiro atoms. The number of piperidine rings is 1. The standard InChI is InChI=1S/C24H27N3O3/c28-22(27-14-12-21(13-15-27)26-24(30)20-10-11-20)16-25-23(29)19-8-6-18(7-9-19)17-4-2-1-3-5-17/h1-9,20-21H,10-16H2,(H,25,29)(H,26,30). The second-order valence-electron chi connectivity index (χ2n) is 8.06. The van der Waals surface area contributed by atoms with E-state index in [1.165, 1.54) is 0 Å². The summed E-state index contributed by atoms with van der Waals surface area (Å²) in [6, 6.07) is 17.5. The van der Waals surface area contributed by atoms with E-state index in [9.17, 15) is 14.4 Å². The van der Waals surface area contributed by atoms with Crippen LogP contribution in [0, 0.1) is 5.92 Å². The molecule has 4 rings (SSSR count). The first-order valence-corrected chi connectivity index (χ1v) is 10.6. The first-order chi connectivity index (χ1) is 14.6. The summed E-state index contributed by atoms with van der Waals surface area (Å²) in [5.74, 6) is 0.0257. The molecule has 2 aromatic rings. The molecule has 6 heteroatoms. The van der Waals surface area contributed by atoms with Gasteiger partial charge in [-0.3, -0.25) is 14.4 Å². The third-order valence-electron chi connectivity index (χ3n) is 5.80. The van der Waals surface area contributed by atoms with E-state index >= 15 is 0 Å². The summed E-state index contributed by atoms with van der Waals surface area (Å²) in [6.07, 6.45) is 3.52. The molecule has 1 aliphatic carbocycles. The molecule has 1 saturated heterocycles. The van der Waals surface area contributed by atoms with Gasteiger partial charge in [-0.15, -0.1) is 0 Å². The smallest absolute Gasteiger partial charge is 0.251 e. The van der Waals surface area contributed by atoms with Gasteiger partial charge in [0.1, 0.15) is 0 Å². The molecule has 0 aromatic heterocycles. The number of rotatable bonds is 6. The number of nitrogens with zero attached hydrogens (tertiary/aromatic N) is 1. The van der Waals surface area contributed by atoms with E-state index in [0.29, 0.717) is 18.7 Å². The van der Waals surface area contributed by atoms with Crippen molar-refractivity contribution in [1.82, 2.24) is 15.5 Å². The Bertz CT molecular complexity index is 899. The Morgan fingerprint density at radius 2 is 1.47 bits per heavy atom. The van der Waals surface area contributed by atoms with Gasteiger partial charge in [0.15, 0.2) is 0 Å². The van der Waals surface area contributed by atoms with Crippen molar-refractivity contribution >= 4 is 17.7 Å². The lowest BCUT2D eigenvalue weighted by Crippen LogP contribution is -2.49. The molecule has 0 atom stereocenters. The second kappa shape index (κ2) is 9.11. The predicted octanol–water partition coefficient (Wildman–Crippen LogP) is 2.60. The van der Waals surface area contributed by atoms with Gasteiger partial charge in [0.25, 0.3) is 5.91 Å². The van der Waals surface area contributed by atoms with E-state index < -0.39 is 0 Å². The maximum Gasteiger partial charge on any atom is 0.251 e. The highest BCUT2D eigenvalue weighted by Gasteiger charge is 2.32. The Hall–Kier alpha value is -3.15. The van der Waals surface area contributed by atoms with E-state index in [4.69, 9.17) is 0 Å². The largest absolute Gasteiger partial charge is 0.353 e. The van der Waals surface area contributed by atoms with Crippen LogP contribution < -0.4 is 10.6 Å². The van der Waals surface area contributed by atoms with Gasteiger partial charge in [0.05, 0.1) is 6.54 Å². The molecule has 2 aliphatic rings. The van der Waals surface area contributed by atoms with Crippen LogP contribution in [0.3, 0.4) is 0 Å². The molecular formula is C24H27N3O3. The van der Waals surface area contributed by atoms with Crippen molar-refractivity contribution in [3.63, 3.8) is 0 Å². The lowest BCUT2D eigenvalue weighted by molar-refractivity contribution is -0.131. The predicted molar refractivity (Wildman–Crippen MR) is 115 cm³/mol. The summed E-state index contributed by atoms with van der Waals surface area (Å²) in [5.41, 5.74) is 2.67. The molecule has 0 radical (unpaired) electrons. The quantitative estimate of drug-likeness (QED) is 0.775. The lowest BCUT2D eigenvalue weighted by Gasteiger charge is -2.32. The first kappa shape index (κ1) is 20.1. The second-order valence-corrected chi connectivity index (χ2v) is 8.06. The zero-order valence-electron chi connectivity index (χ0n) is 17.0. The molecule has 0 bridgehead atoms. The van der Waals surface area contributed by atoms with Gasteiger partial charge >= 0.3 is 0 Å². The van der Waals surface area contributed by atoms with Gasteiger partial charge in [-0.2, -0.15) is 0 Å². The average molecular weight is 405 g/mol. The highest BCUT2D eigenvalue weighted by atomic mass is 16.2. The van der Waals surface area contributed by atoms with E-state index in [1.54, 1.807) is 17.0 Å². The van der Waals surface area contributed by atoms with Crippen molar-refractivity contribution in [2.45, 2.75) is 31.7 Å². The van der Waals surface area contributed by atoms with Crippen LogP contribution in [-0.4, -0.2) is 48.3 Å². The number of carbonyl (C=O) groups excluding carboxylic acids is 3. The van der Waals surface area contributed by atoms with Crippen LogP contribution in [0.15, 0.2) is 54.6 Å². The maximum atomic E-state index is 12.4. The number of nitrogens with one attached hydrogen (secondary N) is 2. The van der Waals surface area contributed by atoms with E-state index in [1.807, 2.05) is 42.5 Å². The summed E-state index contributed by atoms with van der Waals surface area (Å²) in [6.45, 7) is 1.20. The van der Waals surface area contributed by atoms with Crippen molar-refractivity contribution in [2.75, 3.05) is 19.6 Å². The minimum atomic E-state index is -0.255. The fourth-order valence-corrected chi connectivity index (χ4v) is 3.75. The third-order valence-corrected chi connectivity index (χ3v) is 5.80. The molecule has 156 valence electrons. The third kappa shape index (κ3) is 5.06. The normalized spacial score (nSPS) is 16.7. The fourth-order valence-electron chi connectivity index (χ4n) is 3.75. The van der Waals surface area contributed by atoms with Gasteiger partial charge in [0, 0.05) is 30.6 Å². The molecule has 6 nitrogen and oxygen atoms in total. The summed E-state index contributed by atoms with van der Waals surface area (Å²) < 4.78 is 0. The van der Waals surface area contributed by atoms with Crippen molar-refractivity contribution in [3.05, 3.63) is 60.2 Å². The topological polar surface area (TPSA) is 78.5 Å². The maximum absolute atomic E-state index is 12.4. The summed E-state index contributed by atoms with van der Waals surface area (Å²) >= 11 is 0. The Kier molecular flexibility index (Phi) is 6.12. The van der Waals surface area contributed by atoms with Crippen molar-refractivity contribution < 1.29 is 14.4 Å². The highest BCUT2D eigenvalue weighted by molar-refractivity contribution is 5.96. The molecule has 3 amide bonds. The number of carbonyl (C=O) groups is 3.